The number of halogens is 2. The molecule has 0 bridgehead atoms. The molecule has 3 aromatic rings. The lowest BCUT2D eigenvalue weighted by atomic mass is 10.0. The Kier molecular flexibility index (Phi) is 3.66. The third kappa shape index (κ3) is 2.47. The number of hydrogen-bond donors (Lipinski definition) is 2. The minimum atomic E-state index is 0.0253. The van der Waals surface area contributed by atoms with Crippen LogP contribution < -0.4 is 10.6 Å². The van der Waals surface area contributed by atoms with E-state index in [1.807, 2.05) is 18.2 Å². The summed E-state index contributed by atoms with van der Waals surface area (Å²) in [5.74, 6) is 0. The normalized spacial score (nSPS) is 21.4. The third-order valence-electron chi connectivity index (χ3n) is 4.90. The molecule has 5 rings (SSSR count). The molecule has 0 saturated carbocycles. The second-order valence-electron chi connectivity index (χ2n) is 6.47. The molecule has 1 heterocycles. The molecule has 2 aliphatic rings. The summed E-state index contributed by atoms with van der Waals surface area (Å²) in [5, 5.41) is 8.51. The largest absolute Gasteiger partial charge is 0.374 e. The van der Waals surface area contributed by atoms with E-state index < -0.39 is 0 Å². The van der Waals surface area contributed by atoms with Crippen LogP contribution in [-0.4, -0.2) is 11.8 Å². The van der Waals surface area contributed by atoms with Gasteiger partial charge in [-0.3, -0.25) is 0 Å². The molecule has 0 spiro atoms. The van der Waals surface area contributed by atoms with Crippen LogP contribution in [0, 0.1) is 0 Å². The number of nitrogens with zero attached hydrogens (tertiary/aromatic N) is 1. The number of aliphatic imine (C=N–C) groups is 1. The molecule has 1 aliphatic carbocycles. The van der Waals surface area contributed by atoms with Gasteiger partial charge in [0.25, 0.3) is 0 Å². The maximum atomic E-state index is 6.36. The highest BCUT2D eigenvalue weighted by Crippen LogP contribution is 2.43. The van der Waals surface area contributed by atoms with Crippen LogP contribution >= 0.6 is 23.2 Å². The first-order valence-corrected chi connectivity index (χ1v) is 9.21. The van der Waals surface area contributed by atoms with Crippen molar-refractivity contribution in [2.24, 2.45) is 4.99 Å². The molecular weight excluding hydrogens is 365 g/mol. The van der Waals surface area contributed by atoms with Gasteiger partial charge in [-0.1, -0.05) is 59.6 Å². The minimum Gasteiger partial charge on any atom is -0.374 e. The van der Waals surface area contributed by atoms with E-state index in [1.165, 1.54) is 5.56 Å². The van der Waals surface area contributed by atoms with Gasteiger partial charge in [-0.25, -0.2) is 4.99 Å². The Bertz CT molecular complexity index is 1040. The molecule has 0 radical (unpaired) electrons. The number of para-hydroxylation sites is 2. The zero-order chi connectivity index (χ0) is 17.7. The van der Waals surface area contributed by atoms with E-state index in [1.54, 1.807) is 18.2 Å². The number of nitrogens with one attached hydrogen (secondary N) is 2. The van der Waals surface area contributed by atoms with Gasteiger partial charge in [-0.15, -0.1) is 0 Å². The van der Waals surface area contributed by atoms with Crippen molar-refractivity contribution in [3.05, 3.63) is 87.9 Å². The predicted octanol–water partition coefficient (Wildman–Crippen LogP) is 6.08. The fourth-order valence-electron chi connectivity index (χ4n) is 3.72. The molecule has 0 amide bonds. The first-order valence-electron chi connectivity index (χ1n) is 8.46. The number of anilines is 2. The number of benzene rings is 3. The Morgan fingerprint density at radius 2 is 1.46 bits per heavy atom. The second-order valence-corrected chi connectivity index (χ2v) is 7.31. The molecular formula is C21H15Cl2N3. The fourth-order valence-corrected chi connectivity index (χ4v) is 4.05. The lowest BCUT2D eigenvalue weighted by molar-refractivity contribution is 0.754. The Hall–Kier alpha value is -2.49. The van der Waals surface area contributed by atoms with E-state index in [0.29, 0.717) is 15.7 Å². The van der Waals surface area contributed by atoms with Crippen molar-refractivity contribution in [2.45, 2.75) is 12.1 Å². The van der Waals surface area contributed by atoms with E-state index in [0.717, 1.165) is 22.6 Å². The summed E-state index contributed by atoms with van der Waals surface area (Å²) >= 11 is 12.5. The Labute approximate surface area is 161 Å². The molecule has 0 saturated heterocycles. The molecule has 1 aliphatic heterocycles. The molecule has 2 N–H and O–H groups in total. The molecule has 3 aromatic carbocycles. The maximum absolute atomic E-state index is 6.36. The molecule has 3 nitrogen and oxygen atoms in total. The maximum Gasteiger partial charge on any atom is 0.0937 e. The molecule has 5 heteroatoms. The van der Waals surface area contributed by atoms with Crippen LogP contribution in [0.5, 0.6) is 0 Å². The molecule has 128 valence electrons. The van der Waals surface area contributed by atoms with Crippen molar-refractivity contribution in [2.75, 3.05) is 10.6 Å². The van der Waals surface area contributed by atoms with Crippen LogP contribution in [0.25, 0.3) is 0 Å². The second kappa shape index (κ2) is 6.04. The standard InChI is InChI=1S/C21H15Cl2N3/c22-12-9-10-15(23)18(11-12)26-20-14-6-2-1-5-13(14)19-21(20)25-17-8-4-3-7-16(17)24-19/h1-11,19,21,24-25H/t19-,21-/m1/s1. The van der Waals surface area contributed by atoms with Crippen molar-refractivity contribution in [1.82, 2.24) is 0 Å². The number of rotatable bonds is 1. The van der Waals surface area contributed by atoms with Crippen molar-refractivity contribution in [3.8, 4) is 0 Å². The number of fused-ring (bicyclic) bond motifs is 4. The molecule has 0 unspecified atom stereocenters. The quantitative estimate of drug-likeness (QED) is 0.537. The highest BCUT2D eigenvalue weighted by atomic mass is 35.5. The SMILES string of the molecule is Clc1ccc(Cl)c(N=C2c3ccccc3[C@H]3Nc4ccccc4N[C@@H]23)c1. The summed E-state index contributed by atoms with van der Waals surface area (Å²) in [7, 11) is 0. The van der Waals surface area contributed by atoms with Gasteiger partial charge in [0.15, 0.2) is 0 Å². The summed E-state index contributed by atoms with van der Waals surface area (Å²) in [6.45, 7) is 0. The fraction of sp³-hybridized carbons (Fsp3) is 0.0952. The molecule has 0 aromatic heterocycles. The lowest BCUT2D eigenvalue weighted by Crippen LogP contribution is -2.37. The predicted molar refractivity (Wildman–Crippen MR) is 109 cm³/mol. The summed E-state index contributed by atoms with van der Waals surface area (Å²) in [4.78, 5) is 4.91. The summed E-state index contributed by atoms with van der Waals surface area (Å²) in [6, 6.07) is 22.1. The Morgan fingerprint density at radius 3 is 2.27 bits per heavy atom. The monoisotopic (exact) mass is 379 g/mol. The third-order valence-corrected chi connectivity index (χ3v) is 5.45. The van der Waals surface area contributed by atoms with Crippen molar-refractivity contribution in [1.29, 1.82) is 0 Å². The van der Waals surface area contributed by atoms with E-state index in [2.05, 4.69) is 41.0 Å². The topological polar surface area (TPSA) is 36.4 Å². The highest BCUT2D eigenvalue weighted by Gasteiger charge is 2.40. The van der Waals surface area contributed by atoms with Crippen LogP contribution in [0.15, 0.2) is 71.7 Å². The van der Waals surface area contributed by atoms with Crippen LogP contribution in [-0.2, 0) is 0 Å². The Balaban J connectivity index is 1.67. The smallest absolute Gasteiger partial charge is 0.0937 e. The average Bonchev–Trinajstić information content (AvgIpc) is 2.96. The average molecular weight is 380 g/mol. The van der Waals surface area contributed by atoms with Crippen LogP contribution in [0.2, 0.25) is 10.0 Å². The summed E-state index contributed by atoms with van der Waals surface area (Å²) < 4.78 is 0. The molecule has 0 fully saturated rings. The van der Waals surface area contributed by atoms with Crippen molar-refractivity contribution in [3.63, 3.8) is 0 Å². The van der Waals surface area contributed by atoms with Gasteiger partial charge in [0, 0.05) is 10.6 Å². The highest BCUT2D eigenvalue weighted by molar-refractivity contribution is 6.35. The van der Waals surface area contributed by atoms with E-state index >= 15 is 0 Å². The van der Waals surface area contributed by atoms with Gasteiger partial charge in [-0.2, -0.15) is 0 Å². The first-order chi connectivity index (χ1) is 12.7. The minimum absolute atomic E-state index is 0.0253. The van der Waals surface area contributed by atoms with E-state index in [9.17, 15) is 0 Å². The zero-order valence-corrected chi connectivity index (χ0v) is 15.2. The van der Waals surface area contributed by atoms with Crippen LogP contribution in [0.1, 0.15) is 17.2 Å². The van der Waals surface area contributed by atoms with Crippen molar-refractivity contribution >= 4 is 46.0 Å². The van der Waals surface area contributed by atoms with Gasteiger partial charge in [-0.05, 0) is 35.9 Å². The molecule has 26 heavy (non-hydrogen) atoms. The first kappa shape index (κ1) is 15.7. The van der Waals surface area contributed by atoms with E-state index in [4.69, 9.17) is 28.2 Å². The van der Waals surface area contributed by atoms with Crippen LogP contribution in [0.4, 0.5) is 17.1 Å². The summed E-state index contributed by atoms with van der Waals surface area (Å²) in [6.07, 6.45) is 0. The summed E-state index contributed by atoms with van der Waals surface area (Å²) in [5.41, 5.74) is 6.20. The molecule has 2 atom stereocenters. The van der Waals surface area contributed by atoms with Gasteiger partial charge in [0.1, 0.15) is 0 Å². The van der Waals surface area contributed by atoms with E-state index in [-0.39, 0.29) is 12.1 Å². The van der Waals surface area contributed by atoms with Gasteiger partial charge < -0.3 is 10.6 Å². The van der Waals surface area contributed by atoms with Gasteiger partial charge >= 0.3 is 0 Å². The Morgan fingerprint density at radius 1 is 0.769 bits per heavy atom. The number of hydrogen-bond acceptors (Lipinski definition) is 3. The van der Waals surface area contributed by atoms with Crippen molar-refractivity contribution < 1.29 is 0 Å². The van der Waals surface area contributed by atoms with Gasteiger partial charge in [0.05, 0.1) is 39.9 Å². The zero-order valence-electron chi connectivity index (χ0n) is 13.7. The lowest BCUT2D eigenvalue weighted by Gasteiger charge is -2.32. The van der Waals surface area contributed by atoms with Gasteiger partial charge in [0.2, 0.25) is 0 Å². The van der Waals surface area contributed by atoms with Crippen LogP contribution in [0.3, 0.4) is 0 Å².